The average molecular weight is 437 g/mol. The van der Waals surface area contributed by atoms with E-state index in [1.165, 1.54) is 37.8 Å². The molecule has 2 atom stereocenters. The van der Waals surface area contributed by atoms with E-state index in [0.717, 1.165) is 21.5 Å². The predicted octanol–water partition coefficient (Wildman–Crippen LogP) is 6.22. The van der Waals surface area contributed by atoms with Crippen molar-refractivity contribution in [3.8, 4) is 0 Å². The molecule has 4 nitrogen and oxygen atoms in total. The van der Waals surface area contributed by atoms with E-state index >= 15 is 0 Å². The molecule has 30 heavy (non-hydrogen) atoms. The van der Waals surface area contributed by atoms with E-state index in [4.69, 9.17) is 23.8 Å². The van der Waals surface area contributed by atoms with Gasteiger partial charge in [0.15, 0.2) is 5.11 Å². The van der Waals surface area contributed by atoms with Crippen molar-refractivity contribution >= 4 is 34.6 Å². The van der Waals surface area contributed by atoms with Crippen LogP contribution < -0.4 is 10.2 Å². The monoisotopic (exact) mass is 436 g/mol. The summed E-state index contributed by atoms with van der Waals surface area (Å²) < 4.78 is 2.48. The van der Waals surface area contributed by atoms with Gasteiger partial charge < -0.3 is 14.8 Å². The van der Waals surface area contributed by atoms with Crippen molar-refractivity contribution in [1.82, 2.24) is 14.9 Å². The molecular weight excluding hydrogens is 412 g/mol. The lowest BCUT2D eigenvalue weighted by atomic mass is 9.94. The van der Waals surface area contributed by atoms with Crippen molar-refractivity contribution in [3.63, 3.8) is 0 Å². The van der Waals surface area contributed by atoms with E-state index in [-0.39, 0.29) is 12.1 Å². The molecule has 0 spiro atoms. The van der Waals surface area contributed by atoms with E-state index in [0.29, 0.717) is 6.04 Å². The van der Waals surface area contributed by atoms with Crippen LogP contribution in [0.4, 0.5) is 5.69 Å². The van der Waals surface area contributed by atoms with Crippen LogP contribution in [0.2, 0.25) is 5.02 Å². The molecule has 1 aliphatic carbocycles. The number of halogens is 1. The summed E-state index contributed by atoms with van der Waals surface area (Å²) >= 11 is 12.0. The first-order valence-corrected chi connectivity index (χ1v) is 11.4. The number of nitrogens with one attached hydrogen (secondary N) is 1. The van der Waals surface area contributed by atoms with Crippen LogP contribution >= 0.6 is 23.8 Å². The molecule has 1 aromatic carbocycles. The lowest BCUT2D eigenvalue weighted by Crippen LogP contribution is -2.31. The van der Waals surface area contributed by atoms with Crippen molar-refractivity contribution in [2.24, 2.45) is 0 Å². The maximum absolute atomic E-state index is 6.16. The summed E-state index contributed by atoms with van der Waals surface area (Å²) in [7, 11) is 0. The maximum Gasteiger partial charge on any atom is 0.174 e. The minimum atomic E-state index is -0.0216. The molecule has 0 unspecified atom stereocenters. The Labute approximate surface area is 187 Å². The molecule has 3 heterocycles. The predicted molar refractivity (Wildman–Crippen MR) is 126 cm³/mol. The zero-order chi connectivity index (χ0) is 20.5. The standard InChI is InChI=1S/C24H25ClN4S/c25-17-11-13-19(14-12-17)29-23(22(27-24(29)30)20-9-4-5-15-26-20)21-10-6-16-28(21)18-7-2-1-3-8-18/h4-6,9-16,18,22-23H,1-3,7-8H2,(H,27,30)/t22-,23+/m1/s1. The van der Waals surface area contributed by atoms with E-state index in [1.807, 2.05) is 42.6 Å². The van der Waals surface area contributed by atoms with Crippen molar-refractivity contribution in [1.29, 1.82) is 0 Å². The Bertz CT molecular complexity index is 1010. The third kappa shape index (κ3) is 3.61. The first-order chi connectivity index (χ1) is 14.7. The fourth-order valence-electron chi connectivity index (χ4n) is 4.88. The van der Waals surface area contributed by atoms with E-state index < -0.39 is 0 Å². The maximum atomic E-state index is 6.16. The number of hydrogen-bond acceptors (Lipinski definition) is 2. The lowest BCUT2D eigenvalue weighted by Gasteiger charge is -2.32. The molecule has 2 aromatic heterocycles. The van der Waals surface area contributed by atoms with Gasteiger partial charge in [0.1, 0.15) is 6.04 Å². The molecule has 154 valence electrons. The van der Waals surface area contributed by atoms with Gasteiger partial charge in [0.25, 0.3) is 0 Å². The summed E-state index contributed by atoms with van der Waals surface area (Å²) in [6, 6.07) is 18.9. The number of benzene rings is 1. The molecule has 1 saturated heterocycles. The summed E-state index contributed by atoms with van der Waals surface area (Å²) in [6.45, 7) is 0. The number of hydrogen-bond donors (Lipinski definition) is 1. The number of anilines is 1. The molecular formula is C24H25ClN4S. The van der Waals surface area contributed by atoms with Crippen molar-refractivity contribution in [3.05, 3.63) is 83.4 Å². The highest BCUT2D eigenvalue weighted by Gasteiger charge is 2.42. The summed E-state index contributed by atoms with van der Waals surface area (Å²) in [5, 5.41) is 4.99. The summed E-state index contributed by atoms with van der Waals surface area (Å²) in [5.41, 5.74) is 3.31. The van der Waals surface area contributed by atoms with Gasteiger partial charge in [0.05, 0.1) is 11.7 Å². The molecule has 6 heteroatoms. The lowest BCUT2D eigenvalue weighted by molar-refractivity contribution is 0.340. The third-order valence-corrected chi connectivity index (χ3v) is 6.85. The van der Waals surface area contributed by atoms with Gasteiger partial charge in [0, 0.05) is 34.8 Å². The van der Waals surface area contributed by atoms with Crippen LogP contribution in [0.25, 0.3) is 0 Å². The zero-order valence-corrected chi connectivity index (χ0v) is 18.3. The highest BCUT2D eigenvalue weighted by atomic mass is 35.5. The van der Waals surface area contributed by atoms with Gasteiger partial charge in [-0.15, -0.1) is 0 Å². The summed E-state index contributed by atoms with van der Waals surface area (Å²) in [4.78, 5) is 6.88. The minimum Gasteiger partial charge on any atom is -0.351 e. The van der Waals surface area contributed by atoms with Crippen LogP contribution in [-0.2, 0) is 0 Å². The van der Waals surface area contributed by atoms with E-state index in [9.17, 15) is 0 Å². The Kier molecular flexibility index (Phi) is 5.48. The van der Waals surface area contributed by atoms with Gasteiger partial charge in [-0.25, -0.2) is 0 Å². The molecule has 1 aliphatic heterocycles. The Morgan fingerprint density at radius 1 is 0.967 bits per heavy atom. The molecule has 2 aliphatic rings. The van der Waals surface area contributed by atoms with Gasteiger partial charge in [-0.05, 0) is 73.6 Å². The SMILES string of the molecule is S=C1N[C@H](c2ccccn2)[C@H](c2cccn2C2CCCCC2)N1c1ccc(Cl)cc1. The van der Waals surface area contributed by atoms with Crippen LogP contribution in [0.5, 0.6) is 0 Å². The Balaban J connectivity index is 1.61. The molecule has 3 aromatic rings. The van der Waals surface area contributed by atoms with Crippen molar-refractivity contribution < 1.29 is 0 Å². The topological polar surface area (TPSA) is 33.1 Å². The average Bonchev–Trinajstić information content (AvgIpc) is 3.40. The number of rotatable bonds is 4. The number of pyridine rings is 1. The smallest absolute Gasteiger partial charge is 0.174 e. The van der Waals surface area contributed by atoms with Crippen LogP contribution in [0.15, 0.2) is 67.0 Å². The van der Waals surface area contributed by atoms with Gasteiger partial charge in [-0.3, -0.25) is 4.98 Å². The van der Waals surface area contributed by atoms with Crippen LogP contribution in [0.1, 0.15) is 61.6 Å². The number of thiocarbonyl (C=S) groups is 1. The first kappa shape index (κ1) is 19.6. The Morgan fingerprint density at radius 2 is 1.77 bits per heavy atom. The zero-order valence-electron chi connectivity index (χ0n) is 16.7. The molecule has 1 N–H and O–H groups in total. The second-order valence-corrected chi connectivity index (χ2v) is 8.93. The molecule has 2 fully saturated rings. The Hall–Kier alpha value is -2.37. The van der Waals surface area contributed by atoms with Gasteiger partial charge >= 0.3 is 0 Å². The highest BCUT2D eigenvalue weighted by Crippen LogP contribution is 2.43. The van der Waals surface area contributed by atoms with Crippen LogP contribution in [0.3, 0.4) is 0 Å². The molecule has 0 amide bonds. The molecule has 0 radical (unpaired) electrons. The van der Waals surface area contributed by atoms with Crippen LogP contribution in [0, 0.1) is 0 Å². The van der Waals surface area contributed by atoms with E-state index in [1.54, 1.807) is 0 Å². The quantitative estimate of drug-likeness (QED) is 0.492. The second-order valence-electron chi connectivity index (χ2n) is 8.11. The molecule has 0 bridgehead atoms. The van der Waals surface area contributed by atoms with Crippen molar-refractivity contribution in [2.45, 2.75) is 50.2 Å². The first-order valence-electron chi connectivity index (χ1n) is 10.7. The summed E-state index contributed by atoms with van der Waals surface area (Å²) in [6.07, 6.45) is 10.5. The third-order valence-electron chi connectivity index (χ3n) is 6.29. The van der Waals surface area contributed by atoms with Crippen LogP contribution in [-0.4, -0.2) is 14.7 Å². The minimum absolute atomic E-state index is 0.0190. The second kappa shape index (κ2) is 8.40. The van der Waals surface area contributed by atoms with Gasteiger partial charge in [-0.2, -0.15) is 0 Å². The fourth-order valence-corrected chi connectivity index (χ4v) is 5.36. The summed E-state index contributed by atoms with van der Waals surface area (Å²) in [5.74, 6) is 0. The molecule has 1 saturated carbocycles. The Morgan fingerprint density at radius 3 is 2.50 bits per heavy atom. The number of aromatic nitrogens is 2. The van der Waals surface area contributed by atoms with E-state index in [2.05, 4.69) is 44.2 Å². The molecule has 5 rings (SSSR count). The largest absolute Gasteiger partial charge is 0.351 e. The normalized spacial score (nSPS) is 22.3. The fraction of sp³-hybridized carbons (Fsp3) is 0.333. The number of nitrogens with zero attached hydrogens (tertiary/aromatic N) is 3. The van der Waals surface area contributed by atoms with Crippen molar-refractivity contribution in [2.75, 3.05) is 4.90 Å². The van der Waals surface area contributed by atoms with Gasteiger partial charge in [-0.1, -0.05) is 36.9 Å². The van der Waals surface area contributed by atoms with Gasteiger partial charge in [0.2, 0.25) is 0 Å². The highest BCUT2D eigenvalue weighted by molar-refractivity contribution is 7.80.